The van der Waals surface area contributed by atoms with E-state index < -0.39 is 9.84 Å². The molecule has 0 bridgehead atoms. The van der Waals surface area contributed by atoms with Crippen LogP contribution in [0.2, 0.25) is 5.15 Å². The largest absolute Gasteiger partial charge is 0.337 e. The third kappa shape index (κ3) is 2.64. The second-order valence-corrected chi connectivity index (χ2v) is 8.40. The molecule has 1 aliphatic rings. The second-order valence-electron chi connectivity index (χ2n) is 5.99. The summed E-state index contributed by atoms with van der Waals surface area (Å²) in [6.45, 7) is 0. The zero-order valence-electron chi connectivity index (χ0n) is 12.5. The molecule has 0 saturated heterocycles. The van der Waals surface area contributed by atoms with Gasteiger partial charge in [-0.25, -0.2) is 13.4 Å². The minimum Gasteiger partial charge on any atom is -0.337 e. The number of pyridine rings is 1. The van der Waals surface area contributed by atoms with Crippen LogP contribution in [-0.4, -0.2) is 24.2 Å². The van der Waals surface area contributed by atoms with Crippen molar-refractivity contribution < 1.29 is 8.42 Å². The van der Waals surface area contributed by atoms with E-state index in [1.54, 1.807) is 18.3 Å². The summed E-state index contributed by atoms with van der Waals surface area (Å²) in [6, 6.07) is 11.5. The van der Waals surface area contributed by atoms with Crippen molar-refractivity contribution in [2.45, 2.75) is 23.8 Å². The molecule has 2 aromatic heterocycles. The third-order valence-corrected chi connectivity index (χ3v) is 5.52. The molecular weight excluding hydrogens is 332 g/mol. The van der Waals surface area contributed by atoms with Gasteiger partial charge >= 0.3 is 0 Å². The lowest BCUT2D eigenvalue weighted by Crippen LogP contribution is -1.98. The monoisotopic (exact) mass is 346 g/mol. The molecule has 0 aliphatic heterocycles. The molecule has 3 aromatic rings. The first-order valence-corrected chi connectivity index (χ1v) is 9.67. The fourth-order valence-electron chi connectivity index (χ4n) is 2.92. The molecule has 2 heterocycles. The Bertz CT molecular complexity index is 1000. The summed E-state index contributed by atoms with van der Waals surface area (Å²) in [6.07, 6.45) is 5.30. The molecule has 0 unspecified atom stereocenters. The minimum atomic E-state index is -3.18. The van der Waals surface area contributed by atoms with Crippen molar-refractivity contribution in [2.75, 3.05) is 6.26 Å². The first kappa shape index (κ1) is 14.7. The van der Waals surface area contributed by atoms with Crippen LogP contribution in [-0.2, 0) is 9.84 Å². The number of rotatable bonds is 3. The highest BCUT2D eigenvalue weighted by atomic mass is 35.5. The maximum atomic E-state index is 11.6. The number of benzene rings is 1. The van der Waals surface area contributed by atoms with Gasteiger partial charge in [-0.1, -0.05) is 23.7 Å². The molecule has 6 heteroatoms. The van der Waals surface area contributed by atoms with E-state index in [2.05, 4.69) is 15.6 Å². The minimum absolute atomic E-state index is 0.333. The van der Waals surface area contributed by atoms with Crippen LogP contribution in [0.5, 0.6) is 0 Å². The predicted octanol–water partition coefficient (Wildman–Crippen LogP) is 4.10. The lowest BCUT2D eigenvalue weighted by Gasteiger charge is -2.10. The first-order valence-electron chi connectivity index (χ1n) is 7.40. The SMILES string of the molecule is CS(=O)(=O)c1ccc(-c2cc3cnc(Cl)cc3n2C2CC2)cc1. The van der Waals surface area contributed by atoms with Crippen molar-refractivity contribution >= 4 is 32.3 Å². The molecule has 1 aromatic carbocycles. The summed E-state index contributed by atoms with van der Waals surface area (Å²) in [5.74, 6) is 0. The van der Waals surface area contributed by atoms with Crippen molar-refractivity contribution in [2.24, 2.45) is 0 Å². The summed E-state index contributed by atoms with van der Waals surface area (Å²) in [4.78, 5) is 4.49. The van der Waals surface area contributed by atoms with Crippen molar-refractivity contribution in [3.05, 3.63) is 47.7 Å². The van der Waals surface area contributed by atoms with Crippen molar-refractivity contribution in [1.82, 2.24) is 9.55 Å². The van der Waals surface area contributed by atoms with Crippen LogP contribution in [0.15, 0.2) is 47.5 Å². The fourth-order valence-corrected chi connectivity index (χ4v) is 3.70. The molecule has 0 atom stereocenters. The Hall–Kier alpha value is -1.85. The summed E-state index contributed by atoms with van der Waals surface area (Å²) in [5, 5.41) is 1.53. The highest BCUT2D eigenvalue weighted by Gasteiger charge is 2.28. The zero-order valence-corrected chi connectivity index (χ0v) is 14.1. The van der Waals surface area contributed by atoms with E-state index in [4.69, 9.17) is 11.6 Å². The topological polar surface area (TPSA) is 52.0 Å². The van der Waals surface area contributed by atoms with Gasteiger partial charge in [0.05, 0.1) is 10.4 Å². The average Bonchev–Trinajstić information content (AvgIpc) is 3.27. The van der Waals surface area contributed by atoms with Crippen LogP contribution in [0.4, 0.5) is 0 Å². The number of nitrogens with zero attached hydrogens (tertiary/aromatic N) is 2. The lowest BCUT2D eigenvalue weighted by atomic mass is 10.1. The molecule has 0 amide bonds. The van der Waals surface area contributed by atoms with E-state index in [9.17, 15) is 8.42 Å². The molecule has 4 rings (SSSR count). The van der Waals surface area contributed by atoms with Gasteiger partial charge in [-0.15, -0.1) is 0 Å². The van der Waals surface area contributed by atoms with E-state index in [1.165, 1.54) is 6.26 Å². The Balaban J connectivity index is 1.90. The summed E-state index contributed by atoms with van der Waals surface area (Å²) < 4.78 is 25.5. The fraction of sp³-hybridized carbons (Fsp3) is 0.235. The van der Waals surface area contributed by atoms with Crippen molar-refractivity contribution in [1.29, 1.82) is 0 Å². The van der Waals surface area contributed by atoms with Gasteiger partial charge in [-0.05, 0) is 42.7 Å². The molecule has 4 nitrogen and oxygen atoms in total. The van der Waals surface area contributed by atoms with Gasteiger partial charge in [0.25, 0.3) is 0 Å². The highest BCUT2D eigenvalue weighted by Crippen LogP contribution is 2.42. The Morgan fingerprint density at radius 2 is 1.87 bits per heavy atom. The van der Waals surface area contributed by atoms with Gasteiger partial charge < -0.3 is 4.57 Å². The Labute approximate surface area is 139 Å². The van der Waals surface area contributed by atoms with Gasteiger partial charge in [-0.3, -0.25) is 0 Å². The smallest absolute Gasteiger partial charge is 0.175 e. The molecule has 0 radical (unpaired) electrons. The molecule has 1 saturated carbocycles. The van der Waals surface area contributed by atoms with E-state index in [-0.39, 0.29) is 0 Å². The Kier molecular flexibility index (Phi) is 3.25. The van der Waals surface area contributed by atoms with E-state index in [0.29, 0.717) is 16.1 Å². The quantitative estimate of drug-likeness (QED) is 0.671. The lowest BCUT2D eigenvalue weighted by molar-refractivity contribution is 0.602. The van der Waals surface area contributed by atoms with Gasteiger partial charge in [-0.2, -0.15) is 0 Å². The van der Waals surface area contributed by atoms with Crippen LogP contribution < -0.4 is 0 Å². The molecular formula is C17H15ClN2O2S. The number of hydrogen-bond acceptors (Lipinski definition) is 3. The number of hydrogen-bond donors (Lipinski definition) is 0. The Morgan fingerprint density at radius 3 is 2.48 bits per heavy atom. The number of aromatic nitrogens is 2. The van der Waals surface area contributed by atoms with Crippen LogP contribution in [0.25, 0.3) is 22.2 Å². The molecule has 1 aliphatic carbocycles. The average molecular weight is 347 g/mol. The van der Waals surface area contributed by atoms with E-state index in [0.717, 1.165) is 35.0 Å². The normalized spacial score (nSPS) is 15.2. The maximum Gasteiger partial charge on any atom is 0.175 e. The van der Waals surface area contributed by atoms with Gasteiger partial charge in [0.15, 0.2) is 9.84 Å². The standard InChI is InChI=1S/C17H15ClN2O2S/c1-23(21,22)14-6-2-11(3-7-14)15-8-12-10-19-17(18)9-16(12)20(15)13-4-5-13/h2-3,6-10,13H,4-5H2,1H3. The van der Waals surface area contributed by atoms with Gasteiger partial charge in [0.1, 0.15) is 5.15 Å². The summed E-state index contributed by atoms with van der Waals surface area (Å²) in [5.41, 5.74) is 3.15. The van der Waals surface area contributed by atoms with E-state index >= 15 is 0 Å². The van der Waals surface area contributed by atoms with Gasteiger partial charge in [0.2, 0.25) is 0 Å². The second kappa shape index (κ2) is 5.08. The maximum absolute atomic E-state index is 11.6. The number of fused-ring (bicyclic) bond motifs is 1. The summed E-state index contributed by atoms with van der Waals surface area (Å²) in [7, 11) is -3.18. The summed E-state index contributed by atoms with van der Waals surface area (Å²) >= 11 is 6.05. The number of sulfone groups is 1. The molecule has 118 valence electrons. The third-order valence-electron chi connectivity index (χ3n) is 4.18. The molecule has 1 fully saturated rings. The number of halogens is 1. The predicted molar refractivity (Wildman–Crippen MR) is 91.6 cm³/mol. The highest BCUT2D eigenvalue weighted by molar-refractivity contribution is 7.90. The van der Waals surface area contributed by atoms with Crippen LogP contribution in [0.1, 0.15) is 18.9 Å². The molecule has 23 heavy (non-hydrogen) atoms. The van der Waals surface area contributed by atoms with E-state index in [1.807, 2.05) is 18.2 Å². The first-order chi connectivity index (χ1) is 10.9. The Morgan fingerprint density at radius 1 is 1.17 bits per heavy atom. The van der Waals surface area contributed by atoms with Gasteiger partial charge in [0, 0.05) is 29.6 Å². The van der Waals surface area contributed by atoms with Crippen LogP contribution in [0, 0.1) is 0 Å². The molecule has 0 N–H and O–H groups in total. The van der Waals surface area contributed by atoms with Crippen molar-refractivity contribution in [3.8, 4) is 11.3 Å². The van der Waals surface area contributed by atoms with Crippen LogP contribution >= 0.6 is 11.6 Å². The van der Waals surface area contributed by atoms with Crippen LogP contribution in [0.3, 0.4) is 0 Å². The zero-order chi connectivity index (χ0) is 16.2. The molecule has 0 spiro atoms. The van der Waals surface area contributed by atoms with Crippen molar-refractivity contribution in [3.63, 3.8) is 0 Å².